The van der Waals surface area contributed by atoms with Crippen LogP contribution in [0.25, 0.3) is 6.08 Å². The molecule has 24 heavy (non-hydrogen) atoms. The summed E-state index contributed by atoms with van der Waals surface area (Å²) < 4.78 is 10.8. The Balaban J connectivity index is 1.92. The molecule has 0 aliphatic carbocycles. The van der Waals surface area contributed by atoms with Gasteiger partial charge in [-0.25, -0.2) is 4.79 Å². The van der Waals surface area contributed by atoms with Crippen molar-refractivity contribution < 1.29 is 14.3 Å². The van der Waals surface area contributed by atoms with Crippen LogP contribution in [0, 0.1) is 0 Å². The van der Waals surface area contributed by atoms with Crippen molar-refractivity contribution in [2.75, 3.05) is 6.61 Å². The van der Waals surface area contributed by atoms with Crippen LogP contribution in [0.5, 0.6) is 11.5 Å². The van der Waals surface area contributed by atoms with E-state index in [2.05, 4.69) is 6.92 Å². The molecule has 0 saturated heterocycles. The van der Waals surface area contributed by atoms with E-state index in [-0.39, 0.29) is 5.75 Å². The number of carbonyl (C=O) groups is 1. The maximum atomic E-state index is 11.9. The number of hydrogen-bond acceptors (Lipinski definition) is 3. The van der Waals surface area contributed by atoms with E-state index in [0.29, 0.717) is 16.7 Å². The molecule has 0 unspecified atom stereocenters. The fraction of sp³-hybridized carbons (Fsp3) is 0.211. The predicted molar refractivity (Wildman–Crippen MR) is 98.0 cm³/mol. The average Bonchev–Trinajstić information content (AvgIpc) is 2.58. The van der Waals surface area contributed by atoms with Crippen molar-refractivity contribution >= 4 is 35.2 Å². The molecule has 0 saturated carbocycles. The zero-order valence-corrected chi connectivity index (χ0v) is 14.8. The number of rotatable bonds is 7. The number of hydrogen-bond donors (Lipinski definition) is 0. The van der Waals surface area contributed by atoms with Crippen molar-refractivity contribution in [3.8, 4) is 11.5 Å². The highest BCUT2D eigenvalue weighted by Crippen LogP contribution is 2.27. The van der Waals surface area contributed by atoms with Gasteiger partial charge in [0.2, 0.25) is 0 Å². The van der Waals surface area contributed by atoms with Crippen molar-refractivity contribution in [3.63, 3.8) is 0 Å². The Morgan fingerprint density at radius 3 is 2.58 bits per heavy atom. The van der Waals surface area contributed by atoms with Crippen LogP contribution in [0.15, 0.2) is 48.5 Å². The number of carbonyl (C=O) groups excluding carboxylic acids is 1. The number of ether oxygens (including phenoxy) is 2. The molecule has 2 rings (SSSR count). The van der Waals surface area contributed by atoms with Crippen molar-refractivity contribution in [2.45, 2.75) is 19.8 Å². The van der Waals surface area contributed by atoms with Crippen LogP contribution in [0.2, 0.25) is 10.0 Å². The van der Waals surface area contributed by atoms with Gasteiger partial charge in [-0.05, 0) is 42.3 Å². The Hall–Kier alpha value is -1.97. The van der Waals surface area contributed by atoms with Crippen LogP contribution in [-0.2, 0) is 4.79 Å². The second-order valence-electron chi connectivity index (χ2n) is 5.10. The van der Waals surface area contributed by atoms with Gasteiger partial charge in [-0.1, -0.05) is 48.7 Å². The highest BCUT2D eigenvalue weighted by Gasteiger charge is 2.06. The highest BCUT2D eigenvalue weighted by molar-refractivity contribution is 6.34. The van der Waals surface area contributed by atoms with Gasteiger partial charge in [0.1, 0.15) is 5.75 Å². The average molecular weight is 365 g/mol. The first-order valence-corrected chi connectivity index (χ1v) is 8.42. The lowest BCUT2D eigenvalue weighted by atomic mass is 10.2. The molecule has 0 amide bonds. The van der Waals surface area contributed by atoms with Gasteiger partial charge in [-0.2, -0.15) is 0 Å². The Morgan fingerprint density at radius 2 is 1.88 bits per heavy atom. The second-order valence-corrected chi connectivity index (χ2v) is 5.94. The lowest BCUT2D eigenvalue weighted by molar-refractivity contribution is -0.128. The highest BCUT2D eigenvalue weighted by atomic mass is 35.5. The van der Waals surface area contributed by atoms with Gasteiger partial charge in [-0.15, -0.1) is 0 Å². The first-order valence-electron chi connectivity index (χ1n) is 7.66. The van der Waals surface area contributed by atoms with E-state index < -0.39 is 5.97 Å². The molecule has 0 aliphatic rings. The van der Waals surface area contributed by atoms with Crippen LogP contribution < -0.4 is 9.47 Å². The van der Waals surface area contributed by atoms with E-state index in [1.165, 1.54) is 12.1 Å². The Labute approximate surface area is 151 Å². The molecule has 0 heterocycles. The molecule has 5 heteroatoms. The van der Waals surface area contributed by atoms with E-state index in [1.807, 2.05) is 24.3 Å². The van der Waals surface area contributed by atoms with E-state index >= 15 is 0 Å². The summed E-state index contributed by atoms with van der Waals surface area (Å²) in [6, 6.07) is 12.2. The standard InChI is InChI=1S/C19H18Cl2O3/c1-2-3-12-23-16-8-4-14(5-9-16)6-11-19(22)24-18-13-15(20)7-10-17(18)21/h4-11,13H,2-3,12H2,1H3/b11-6+. The normalized spacial score (nSPS) is 10.8. The number of esters is 1. The monoisotopic (exact) mass is 364 g/mol. The topological polar surface area (TPSA) is 35.5 Å². The van der Waals surface area contributed by atoms with E-state index in [9.17, 15) is 4.79 Å². The summed E-state index contributed by atoms with van der Waals surface area (Å²) in [5.41, 5.74) is 0.868. The van der Waals surface area contributed by atoms with Crippen molar-refractivity contribution in [1.29, 1.82) is 0 Å². The Morgan fingerprint density at radius 1 is 1.12 bits per heavy atom. The molecule has 0 aliphatic heterocycles. The van der Waals surface area contributed by atoms with Gasteiger partial charge in [0, 0.05) is 17.2 Å². The zero-order valence-electron chi connectivity index (χ0n) is 13.3. The zero-order chi connectivity index (χ0) is 17.4. The summed E-state index contributed by atoms with van der Waals surface area (Å²) in [4.78, 5) is 11.9. The van der Waals surface area contributed by atoms with Crippen molar-refractivity contribution in [1.82, 2.24) is 0 Å². The van der Waals surface area contributed by atoms with Crippen LogP contribution in [0.3, 0.4) is 0 Å². The molecule has 0 aromatic heterocycles. The summed E-state index contributed by atoms with van der Waals surface area (Å²) in [6.45, 7) is 2.82. The van der Waals surface area contributed by atoms with Gasteiger partial charge in [0.15, 0.2) is 5.75 Å². The lowest BCUT2D eigenvalue weighted by Crippen LogP contribution is -2.04. The third kappa shape index (κ3) is 5.91. The van der Waals surface area contributed by atoms with Gasteiger partial charge in [-0.3, -0.25) is 0 Å². The first-order chi connectivity index (χ1) is 11.6. The number of benzene rings is 2. The number of halogens is 2. The van der Waals surface area contributed by atoms with Gasteiger partial charge < -0.3 is 9.47 Å². The van der Waals surface area contributed by atoms with Gasteiger partial charge in [0.25, 0.3) is 0 Å². The fourth-order valence-electron chi connectivity index (χ4n) is 1.87. The maximum absolute atomic E-state index is 11.9. The second kappa shape index (κ2) is 9.36. The Kier molecular flexibility index (Phi) is 7.16. The molecular formula is C19H18Cl2O3. The molecule has 2 aromatic rings. The molecule has 126 valence electrons. The molecule has 0 spiro atoms. The molecule has 0 fully saturated rings. The van der Waals surface area contributed by atoms with Crippen LogP contribution in [0.4, 0.5) is 0 Å². The molecule has 0 atom stereocenters. The third-order valence-electron chi connectivity index (χ3n) is 3.16. The van der Waals surface area contributed by atoms with Crippen LogP contribution in [0.1, 0.15) is 25.3 Å². The van der Waals surface area contributed by atoms with Gasteiger partial charge in [0.05, 0.1) is 11.6 Å². The van der Waals surface area contributed by atoms with E-state index in [0.717, 1.165) is 24.2 Å². The van der Waals surface area contributed by atoms with Gasteiger partial charge >= 0.3 is 5.97 Å². The van der Waals surface area contributed by atoms with E-state index in [4.69, 9.17) is 32.7 Å². The predicted octanol–water partition coefficient (Wildman–Crippen LogP) is 5.79. The first kappa shape index (κ1) is 18.4. The largest absolute Gasteiger partial charge is 0.494 e. The summed E-state index contributed by atoms with van der Waals surface area (Å²) in [5.74, 6) is 0.523. The van der Waals surface area contributed by atoms with Crippen molar-refractivity contribution in [3.05, 3.63) is 64.1 Å². The molecule has 0 radical (unpaired) electrons. The summed E-state index contributed by atoms with van der Waals surface area (Å²) in [5, 5.41) is 0.777. The minimum absolute atomic E-state index is 0.235. The number of unbranched alkanes of at least 4 members (excludes halogenated alkanes) is 1. The van der Waals surface area contributed by atoms with Crippen LogP contribution >= 0.6 is 23.2 Å². The maximum Gasteiger partial charge on any atom is 0.336 e. The van der Waals surface area contributed by atoms with Crippen LogP contribution in [-0.4, -0.2) is 12.6 Å². The summed E-state index contributed by atoms with van der Waals surface area (Å²) >= 11 is 11.8. The fourth-order valence-corrected chi connectivity index (χ4v) is 2.19. The smallest absolute Gasteiger partial charge is 0.336 e. The summed E-state index contributed by atoms with van der Waals surface area (Å²) in [7, 11) is 0. The summed E-state index contributed by atoms with van der Waals surface area (Å²) in [6.07, 6.45) is 5.12. The molecule has 2 aromatic carbocycles. The van der Waals surface area contributed by atoms with E-state index in [1.54, 1.807) is 18.2 Å². The molecule has 0 N–H and O–H groups in total. The molecule has 0 bridgehead atoms. The minimum Gasteiger partial charge on any atom is -0.494 e. The quantitative estimate of drug-likeness (QED) is 0.270. The van der Waals surface area contributed by atoms with Crippen molar-refractivity contribution in [2.24, 2.45) is 0 Å². The molecular weight excluding hydrogens is 347 g/mol. The lowest BCUT2D eigenvalue weighted by Gasteiger charge is -2.05. The third-order valence-corrected chi connectivity index (χ3v) is 3.71. The molecule has 3 nitrogen and oxygen atoms in total. The minimum atomic E-state index is -0.526. The SMILES string of the molecule is CCCCOc1ccc(/C=C/C(=O)Oc2cc(Cl)ccc2Cl)cc1. The Bertz CT molecular complexity index is 709.